The fourth-order valence-corrected chi connectivity index (χ4v) is 6.06. The molecule has 34 heavy (non-hydrogen) atoms. The average molecular weight is 473 g/mol. The molecule has 0 saturated heterocycles. The lowest BCUT2D eigenvalue weighted by molar-refractivity contribution is 0.677. The predicted octanol–water partition coefficient (Wildman–Crippen LogP) is 8.33. The van der Waals surface area contributed by atoms with Crippen LogP contribution in [-0.4, -0.2) is 15.0 Å². The summed E-state index contributed by atoms with van der Waals surface area (Å²) in [5.74, 6) is 0.988. The quantitative estimate of drug-likeness (QED) is 0.249. The summed E-state index contributed by atoms with van der Waals surface area (Å²) in [6.45, 7) is 16.2. The van der Waals surface area contributed by atoms with Crippen molar-refractivity contribution in [1.29, 1.82) is 0 Å². The number of aryl methyl sites for hydroxylation is 1. The molecule has 1 aromatic heterocycles. The molecular formula is C30H36N2OS. The van der Waals surface area contributed by atoms with Gasteiger partial charge in [-0.3, -0.25) is 0 Å². The van der Waals surface area contributed by atoms with Gasteiger partial charge in [-0.05, 0) is 59.1 Å². The van der Waals surface area contributed by atoms with E-state index in [0.29, 0.717) is 5.92 Å². The largest absolute Gasteiger partial charge is 0.341 e. The average Bonchev–Trinajstić information content (AvgIpc) is 3.14. The zero-order valence-corrected chi connectivity index (χ0v) is 22.2. The maximum atomic E-state index is 13.6. The molecule has 4 rings (SSSR count). The molecule has 1 atom stereocenters. The topological polar surface area (TPSA) is 34.4 Å². The Bertz CT molecular complexity index is 1360. The van der Waals surface area contributed by atoms with Crippen LogP contribution in [0.3, 0.4) is 0 Å². The van der Waals surface area contributed by atoms with Crippen LogP contribution in [0, 0.1) is 0 Å². The van der Waals surface area contributed by atoms with Crippen LogP contribution < -0.4 is 0 Å². The van der Waals surface area contributed by atoms with Gasteiger partial charge in [0.15, 0.2) is 11.0 Å². The van der Waals surface area contributed by atoms with Gasteiger partial charge in [0.05, 0.1) is 4.90 Å². The monoisotopic (exact) mass is 472 g/mol. The Labute approximate surface area is 206 Å². The summed E-state index contributed by atoms with van der Waals surface area (Å²) in [6.07, 6.45) is 1.78. The molecule has 0 unspecified atom stereocenters. The second kappa shape index (κ2) is 9.87. The number of benzene rings is 3. The summed E-state index contributed by atoms with van der Waals surface area (Å²) in [5, 5.41) is 2.50. The summed E-state index contributed by atoms with van der Waals surface area (Å²) in [7, 11) is -1.46. The first kappa shape index (κ1) is 24.4. The van der Waals surface area contributed by atoms with Gasteiger partial charge >= 0.3 is 0 Å². The van der Waals surface area contributed by atoms with Crippen molar-refractivity contribution >= 4 is 39.0 Å². The first-order valence-corrected chi connectivity index (χ1v) is 13.5. The molecule has 0 aliphatic rings. The predicted molar refractivity (Wildman–Crippen MR) is 148 cm³/mol. The number of para-hydroxylation sites is 1. The standard InChI is InChI=1S/C30H36N2OS/c1-8-32-28-12-10-9-11-24(28)25-14-13-22(15-29(25)32)18-31-34(33)30-26(20(4)5)16-23(19(2)3)17-27(30)21(6)7/h9-21H,8H2,1-7H3/b31-18-/t34-/m1/s1. The molecule has 3 nitrogen and oxygen atoms in total. The van der Waals surface area contributed by atoms with Gasteiger partial charge in [0.25, 0.3) is 0 Å². The Kier molecular flexibility index (Phi) is 7.09. The highest BCUT2D eigenvalue weighted by molar-refractivity contribution is 7.84. The van der Waals surface area contributed by atoms with Crippen LogP contribution in [0.2, 0.25) is 0 Å². The smallest absolute Gasteiger partial charge is 0.173 e. The molecule has 4 heteroatoms. The van der Waals surface area contributed by atoms with Crippen molar-refractivity contribution < 1.29 is 4.21 Å². The van der Waals surface area contributed by atoms with Crippen LogP contribution in [0.5, 0.6) is 0 Å². The second-order valence-corrected chi connectivity index (χ2v) is 11.1. The zero-order chi connectivity index (χ0) is 24.6. The maximum Gasteiger partial charge on any atom is 0.173 e. The van der Waals surface area contributed by atoms with E-state index in [1.807, 2.05) is 0 Å². The van der Waals surface area contributed by atoms with E-state index in [-0.39, 0.29) is 11.8 Å². The molecule has 0 spiro atoms. The van der Waals surface area contributed by atoms with Crippen molar-refractivity contribution in [3.63, 3.8) is 0 Å². The van der Waals surface area contributed by atoms with Gasteiger partial charge in [-0.25, -0.2) is 4.21 Å². The lowest BCUT2D eigenvalue weighted by atomic mass is 9.89. The first-order chi connectivity index (χ1) is 16.2. The minimum Gasteiger partial charge on any atom is -0.341 e. The van der Waals surface area contributed by atoms with Crippen molar-refractivity contribution in [3.8, 4) is 0 Å². The minimum absolute atomic E-state index is 0.280. The van der Waals surface area contributed by atoms with Crippen LogP contribution >= 0.6 is 0 Å². The van der Waals surface area contributed by atoms with E-state index in [9.17, 15) is 4.21 Å². The molecule has 0 amide bonds. The summed E-state index contributed by atoms with van der Waals surface area (Å²) in [4.78, 5) is 0.884. The van der Waals surface area contributed by atoms with Crippen molar-refractivity contribution in [2.75, 3.05) is 0 Å². The Hall–Kier alpha value is -2.72. The Morgan fingerprint density at radius 1 is 0.824 bits per heavy atom. The van der Waals surface area contributed by atoms with Crippen molar-refractivity contribution in [1.82, 2.24) is 4.57 Å². The lowest BCUT2D eigenvalue weighted by Crippen LogP contribution is -2.07. The second-order valence-electron chi connectivity index (χ2n) is 10.0. The summed E-state index contributed by atoms with van der Waals surface area (Å²) in [6, 6.07) is 19.4. The minimum atomic E-state index is -1.46. The van der Waals surface area contributed by atoms with Crippen LogP contribution in [0.4, 0.5) is 0 Å². The van der Waals surface area contributed by atoms with Crippen molar-refractivity contribution in [2.24, 2.45) is 4.40 Å². The molecule has 0 bridgehead atoms. The maximum absolute atomic E-state index is 13.6. The van der Waals surface area contributed by atoms with Gasteiger partial charge in [0, 0.05) is 34.6 Å². The van der Waals surface area contributed by atoms with Crippen LogP contribution in [0.25, 0.3) is 21.8 Å². The fourth-order valence-electron chi connectivity index (χ4n) is 4.74. The molecule has 0 N–H and O–H groups in total. The molecular weight excluding hydrogens is 436 g/mol. The Morgan fingerprint density at radius 3 is 2.03 bits per heavy atom. The van der Waals surface area contributed by atoms with E-state index < -0.39 is 11.0 Å². The Balaban J connectivity index is 1.78. The van der Waals surface area contributed by atoms with Gasteiger partial charge < -0.3 is 4.57 Å². The number of aromatic nitrogens is 1. The first-order valence-electron chi connectivity index (χ1n) is 12.4. The number of nitrogens with zero attached hydrogens (tertiary/aromatic N) is 2. The highest BCUT2D eigenvalue weighted by Crippen LogP contribution is 2.35. The molecule has 0 fully saturated rings. The molecule has 0 aliphatic carbocycles. The van der Waals surface area contributed by atoms with Gasteiger partial charge in [0.1, 0.15) is 0 Å². The summed E-state index contributed by atoms with van der Waals surface area (Å²) in [5.41, 5.74) is 6.99. The van der Waals surface area contributed by atoms with Gasteiger partial charge in [0.2, 0.25) is 0 Å². The molecule has 1 heterocycles. The highest BCUT2D eigenvalue weighted by atomic mass is 32.2. The van der Waals surface area contributed by atoms with Crippen LogP contribution in [-0.2, 0) is 17.5 Å². The zero-order valence-electron chi connectivity index (χ0n) is 21.4. The van der Waals surface area contributed by atoms with E-state index in [1.54, 1.807) is 6.21 Å². The van der Waals surface area contributed by atoms with Crippen LogP contribution in [0.1, 0.15) is 88.5 Å². The molecule has 0 radical (unpaired) electrons. The number of hydrogen-bond acceptors (Lipinski definition) is 1. The number of fused-ring (bicyclic) bond motifs is 3. The lowest BCUT2D eigenvalue weighted by Gasteiger charge is -2.21. The van der Waals surface area contributed by atoms with Crippen LogP contribution in [0.15, 0.2) is 63.9 Å². The normalized spacial score (nSPS) is 13.4. The van der Waals surface area contributed by atoms with E-state index in [0.717, 1.165) is 28.1 Å². The van der Waals surface area contributed by atoms with Gasteiger partial charge in [-0.2, -0.15) is 4.40 Å². The fraction of sp³-hybridized carbons (Fsp3) is 0.367. The third kappa shape index (κ3) is 4.48. The summed E-state index contributed by atoms with van der Waals surface area (Å²) < 4.78 is 20.5. The van der Waals surface area contributed by atoms with Crippen molar-refractivity contribution in [2.45, 2.75) is 77.7 Å². The van der Waals surface area contributed by atoms with E-state index in [4.69, 9.17) is 0 Å². The van der Waals surface area contributed by atoms with Crippen molar-refractivity contribution in [3.05, 3.63) is 76.9 Å². The molecule has 0 aliphatic heterocycles. The number of hydrogen-bond donors (Lipinski definition) is 0. The SMILES string of the molecule is CCn1c2ccccc2c2ccc(/C=N\[S@](=O)c3c(C(C)C)cc(C(C)C)cc3C(C)C)cc21. The van der Waals surface area contributed by atoms with Gasteiger partial charge in [-0.1, -0.05) is 84.0 Å². The van der Waals surface area contributed by atoms with Gasteiger partial charge in [-0.15, -0.1) is 0 Å². The molecule has 3 aromatic carbocycles. The van der Waals surface area contributed by atoms with E-state index in [2.05, 4.69) is 112 Å². The van der Waals surface area contributed by atoms with E-state index >= 15 is 0 Å². The highest BCUT2D eigenvalue weighted by Gasteiger charge is 2.21. The molecule has 178 valence electrons. The number of rotatable bonds is 7. The third-order valence-corrected chi connectivity index (χ3v) is 7.78. The summed E-state index contributed by atoms with van der Waals surface area (Å²) >= 11 is 0. The molecule has 0 saturated carbocycles. The molecule has 4 aromatic rings. The van der Waals surface area contributed by atoms with E-state index in [1.165, 1.54) is 27.4 Å². The third-order valence-electron chi connectivity index (χ3n) is 6.67. The Morgan fingerprint density at radius 2 is 1.44 bits per heavy atom.